The molecule has 1 fully saturated rings. The molecule has 22 heavy (non-hydrogen) atoms. The zero-order valence-corrected chi connectivity index (χ0v) is 13.4. The van der Waals surface area contributed by atoms with E-state index in [-0.39, 0.29) is 0 Å². The number of aromatic nitrogens is 5. The summed E-state index contributed by atoms with van der Waals surface area (Å²) in [7, 11) is 1.90. The highest BCUT2D eigenvalue weighted by Gasteiger charge is 2.27. The number of thiazole rings is 1. The van der Waals surface area contributed by atoms with Gasteiger partial charge in [-0.1, -0.05) is 0 Å². The van der Waals surface area contributed by atoms with E-state index in [1.165, 1.54) is 0 Å². The Balaban J connectivity index is 1.62. The summed E-state index contributed by atoms with van der Waals surface area (Å²) < 4.78 is 1.79. The molecule has 4 heterocycles. The van der Waals surface area contributed by atoms with Gasteiger partial charge in [0.15, 0.2) is 10.8 Å². The van der Waals surface area contributed by atoms with Gasteiger partial charge in [0.1, 0.15) is 12.1 Å². The van der Waals surface area contributed by atoms with E-state index in [2.05, 4.69) is 36.8 Å². The zero-order chi connectivity index (χ0) is 15.1. The van der Waals surface area contributed by atoms with Crippen LogP contribution in [0.2, 0.25) is 0 Å². The second kappa shape index (κ2) is 5.20. The second-order valence-corrected chi connectivity index (χ2v) is 6.38. The molecule has 0 unspecified atom stereocenters. The molecule has 0 amide bonds. The molecule has 0 aliphatic carbocycles. The molecular weight excluding hydrogens is 298 g/mol. The lowest BCUT2D eigenvalue weighted by Crippen LogP contribution is -2.52. The number of nitrogens with zero attached hydrogens (tertiary/aromatic N) is 7. The van der Waals surface area contributed by atoms with Crippen molar-refractivity contribution in [3.63, 3.8) is 0 Å². The van der Waals surface area contributed by atoms with Crippen LogP contribution in [0.25, 0.3) is 11.0 Å². The van der Waals surface area contributed by atoms with E-state index in [1.54, 1.807) is 22.3 Å². The summed E-state index contributed by atoms with van der Waals surface area (Å²) in [6.07, 6.45) is 5.34. The molecule has 3 aromatic heterocycles. The SMILES string of the molecule is C[C@H]1CN(c2ncnc3c2cnn3C)CCN1c1nccs1. The first-order chi connectivity index (χ1) is 10.7. The van der Waals surface area contributed by atoms with Crippen LogP contribution < -0.4 is 9.80 Å². The molecule has 0 bridgehead atoms. The van der Waals surface area contributed by atoms with Gasteiger partial charge in [0.2, 0.25) is 0 Å². The maximum atomic E-state index is 4.50. The maximum absolute atomic E-state index is 4.50. The molecule has 0 aromatic carbocycles. The molecule has 0 spiro atoms. The van der Waals surface area contributed by atoms with Crippen molar-refractivity contribution in [2.24, 2.45) is 7.05 Å². The van der Waals surface area contributed by atoms with Gasteiger partial charge in [-0.25, -0.2) is 15.0 Å². The van der Waals surface area contributed by atoms with Crippen molar-refractivity contribution < 1.29 is 0 Å². The van der Waals surface area contributed by atoms with E-state index in [0.29, 0.717) is 6.04 Å². The molecule has 114 valence electrons. The van der Waals surface area contributed by atoms with Crippen molar-refractivity contribution in [1.82, 2.24) is 24.7 Å². The highest BCUT2D eigenvalue weighted by molar-refractivity contribution is 7.13. The van der Waals surface area contributed by atoms with Gasteiger partial charge >= 0.3 is 0 Å². The second-order valence-electron chi connectivity index (χ2n) is 5.51. The van der Waals surface area contributed by atoms with Crippen molar-refractivity contribution in [2.45, 2.75) is 13.0 Å². The fraction of sp³-hybridized carbons (Fsp3) is 0.429. The average molecular weight is 315 g/mol. The third kappa shape index (κ3) is 2.10. The molecule has 0 radical (unpaired) electrons. The summed E-state index contributed by atoms with van der Waals surface area (Å²) in [5, 5.41) is 8.43. The van der Waals surface area contributed by atoms with E-state index in [4.69, 9.17) is 0 Å². The number of piperazine rings is 1. The van der Waals surface area contributed by atoms with Crippen LogP contribution in [0.3, 0.4) is 0 Å². The first-order valence-electron chi connectivity index (χ1n) is 7.28. The molecule has 1 aliphatic heterocycles. The number of fused-ring (bicyclic) bond motifs is 1. The first kappa shape index (κ1) is 13.4. The van der Waals surface area contributed by atoms with Gasteiger partial charge in [-0.2, -0.15) is 5.10 Å². The summed E-state index contributed by atoms with van der Waals surface area (Å²) in [6.45, 7) is 5.02. The van der Waals surface area contributed by atoms with E-state index in [9.17, 15) is 0 Å². The molecule has 1 aliphatic rings. The van der Waals surface area contributed by atoms with Crippen LogP contribution in [-0.4, -0.2) is 50.4 Å². The standard InChI is InChI=1S/C14H17N7S/c1-10-8-20(4-5-21(10)14-15-3-6-22-14)13-11-7-18-19(2)12(11)16-9-17-13/h3,6-7,9-10H,4-5,8H2,1-2H3/t10-/m0/s1. The topological polar surface area (TPSA) is 63.0 Å². The minimum atomic E-state index is 0.390. The van der Waals surface area contributed by atoms with Gasteiger partial charge in [0.25, 0.3) is 0 Å². The zero-order valence-electron chi connectivity index (χ0n) is 12.5. The summed E-state index contributed by atoms with van der Waals surface area (Å²) in [5.74, 6) is 0.976. The van der Waals surface area contributed by atoms with Gasteiger partial charge in [-0.3, -0.25) is 4.68 Å². The molecule has 0 saturated carbocycles. The summed E-state index contributed by atoms with van der Waals surface area (Å²) in [5.41, 5.74) is 0.875. The molecular formula is C14H17N7S. The van der Waals surface area contributed by atoms with Crippen LogP contribution in [-0.2, 0) is 7.05 Å². The van der Waals surface area contributed by atoms with Crippen molar-refractivity contribution in [3.8, 4) is 0 Å². The fourth-order valence-electron chi connectivity index (χ4n) is 2.99. The lowest BCUT2D eigenvalue weighted by Gasteiger charge is -2.40. The molecule has 1 atom stereocenters. The average Bonchev–Trinajstić information content (AvgIpc) is 3.17. The first-order valence-corrected chi connectivity index (χ1v) is 8.16. The molecule has 7 nitrogen and oxygen atoms in total. The Hall–Kier alpha value is -2.22. The summed E-state index contributed by atoms with van der Waals surface area (Å²) >= 11 is 1.69. The van der Waals surface area contributed by atoms with Crippen LogP contribution in [0.5, 0.6) is 0 Å². The van der Waals surface area contributed by atoms with Crippen LogP contribution in [0, 0.1) is 0 Å². The monoisotopic (exact) mass is 315 g/mol. The number of hydrogen-bond donors (Lipinski definition) is 0. The Morgan fingerprint density at radius 2 is 2.14 bits per heavy atom. The molecule has 1 saturated heterocycles. The quantitative estimate of drug-likeness (QED) is 0.715. The van der Waals surface area contributed by atoms with Gasteiger partial charge < -0.3 is 9.80 Å². The Morgan fingerprint density at radius 3 is 2.91 bits per heavy atom. The van der Waals surface area contributed by atoms with Crippen LogP contribution in [0.15, 0.2) is 24.1 Å². The Labute approximate surface area is 132 Å². The molecule has 8 heteroatoms. The lowest BCUT2D eigenvalue weighted by atomic mass is 10.2. The number of anilines is 2. The van der Waals surface area contributed by atoms with Crippen LogP contribution in [0.4, 0.5) is 10.9 Å². The van der Waals surface area contributed by atoms with E-state index >= 15 is 0 Å². The van der Waals surface area contributed by atoms with E-state index in [0.717, 1.165) is 41.6 Å². The molecule has 3 aromatic rings. The smallest absolute Gasteiger partial charge is 0.185 e. The molecule has 0 N–H and O–H groups in total. The van der Waals surface area contributed by atoms with Gasteiger partial charge in [-0.05, 0) is 6.92 Å². The fourth-order valence-corrected chi connectivity index (χ4v) is 3.77. The van der Waals surface area contributed by atoms with Crippen molar-refractivity contribution in [3.05, 3.63) is 24.1 Å². The normalized spacial score (nSPS) is 19.1. The van der Waals surface area contributed by atoms with Gasteiger partial charge in [0, 0.05) is 44.3 Å². The Kier molecular flexibility index (Phi) is 3.18. The third-order valence-electron chi connectivity index (χ3n) is 4.10. The van der Waals surface area contributed by atoms with E-state index < -0.39 is 0 Å². The van der Waals surface area contributed by atoms with Crippen LogP contribution >= 0.6 is 11.3 Å². The van der Waals surface area contributed by atoms with Crippen LogP contribution in [0.1, 0.15) is 6.92 Å². The maximum Gasteiger partial charge on any atom is 0.185 e. The molecule has 4 rings (SSSR count). The predicted octanol–water partition coefficient (Wildman–Crippen LogP) is 1.53. The minimum Gasteiger partial charge on any atom is -0.352 e. The van der Waals surface area contributed by atoms with Gasteiger partial charge in [-0.15, -0.1) is 11.3 Å². The minimum absolute atomic E-state index is 0.390. The third-order valence-corrected chi connectivity index (χ3v) is 4.91. The van der Waals surface area contributed by atoms with E-state index in [1.807, 2.05) is 24.8 Å². The number of rotatable bonds is 2. The largest absolute Gasteiger partial charge is 0.352 e. The van der Waals surface area contributed by atoms with Gasteiger partial charge in [0.05, 0.1) is 11.6 Å². The Bertz CT molecular complexity index is 782. The summed E-state index contributed by atoms with van der Waals surface area (Å²) in [4.78, 5) is 17.9. The predicted molar refractivity (Wildman–Crippen MR) is 87.4 cm³/mol. The van der Waals surface area contributed by atoms with Crippen molar-refractivity contribution in [2.75, 3.05) is 29.4 Å². The lowest BCUT2D eigenvalue weighted by molar-refractivity contribution is 0.547. The summed E-state index contributed by atoms with van der Waals surface area (Å²) in [6, 6.07) is 0.390. The highest BCUT2D eigenvalue weighted by atomic mass is 32.1. The Morgan fingerprint density at radius 1 is 1.23 bits per heavy atom. The van der Waals surface area contributed by atoms with Crippen molar-refractivity contribution >= 4 is 33.3 Å². The number of hydrogen-bond acceptors (Lipinski definition) is 7. The number of aryl methyl sites for hydroxylation is 1. The van der Waals surface area contributed by atoms with Crippen molar-refractivity contribution in [1.29, 1.82) is 0 Å². The highest BCUT2D eigenvalue weighted by Crippen LogP contribution is 2.27.